The van der Waals surface area contributed by atoms with Gasteiger partial charge in [-0.05, 0) is 25.3 Å². The van der Waals surface area contributed by atoms with E-state index in [0.29, 0.717) is 11.2 Å². The first kappa shape index (κ1) is 11.4. The lowest BCUT2D eigenvalue weighted by Crippen LogP contribution is -2.22. The first-order chi connectivity index (χ1) is 7.41. The van der Waals surface area contributed by atoms with Gasteiger partial charge in [-0.15, -0.1) is 0 Å². The average Bonchev–Trinajstić information content (AvgIpc) is 2.59. The molecule has 6 radical (unpaired) electrons. The van der Waals surface area contributed by atoms with Crippen LogP contribution >= 0.6 is 0 Å². The minimum Gasteiger partial charge on any atom is -0.347 e. The number of fused-ring (bicyclic) bond motifs is 1. The van der Waals surface area contributed by atoms with Crippen LogP contribution in [0.1, 0.15) is 19.5 Å². The van der Waals surface area contributed by atoms with E-state index in [9.17, 15) is 0 Å². The normalized spacial score (nSPS) is 12.1. The molecule has 2 nitrogen and oxygen atoms in total. The van der Waals surface area contributed by atoms with Crippen LogP contribution in [0, 0.1) is 0 Å². The predicted molar refractivity (Wildman–Crippen MR) is 68.8 cm³/mol. The molecular weight excluding hydrogens is 193 g/mol. The van der Waals surface area contributed by atoms with Gasteiger partial charge in [-0.1, -0.05) is 17.6 Å². The Labute approximate surface area is 100 Å². The molecular formula is C11H11B3N2. The third kappa shape index (κ3) is 1.91. The van der Waals surface area contributed by atoms with E-state index in [-0.39, 0.29) is 0 Å². The Hall–Kier alpha value is -1.12. The van der Waals surface area contributed by atoms with Gasteiger partial charge in [0.15, 0.2) is 0 Å². The molecule has 74 valence electrons. The van der Waals surface area contributed by atoms with Gasteiger partial charge in [-0.25, -0.2) is 0 Å². The molecule has 0 atom stereocenters. The van der Waals surface area contributed by atoms with Crippen molar-refractivity contribution in [1.82, 2.24) is 9.55 Å². The zero-order valence-corrected chi connectivity index (χ0v) is 9.57. The van der Waals surface area contributed by atoms with Gasteiger partial charge in [0.2, 0.25) is 0 Å². The van der Waals surface area contributed by atoms with Crippen molar-refractivity contribution in [2.45, 2.75) is 25.6 Å². The van der Waals surface area contributed by atoms with Crippen molar-refractivity contribution in [1.29, 1.82) is 0 Å². The van der Waals surface area contributed by atoms with Crippen LogP contribution in [0.2, 0.25) is 0 Å². The maximum atomic E-state index is 5.82. The van der Waals surface area contributed by atoms with E-state index in [0.717, 1.165) is 17.9 Å². The van der Waals surface area contributed by atoms with E-state index in [1.54, 1.807) is 6.92 Å². The summed E-state index contributed by atoms with van der Waals surface area (Å²) in [6.45, 7) is 4.61. The molecule has 0 fully saturated rings. The van der Waals surface area contributed by atoms with Crippen molar-refractivity contribution < 1.29 is 0 Å². The molecule has 0 aliphatic carbocycles. The SMILES string of the molecule is [B]c1cc2nc(C([B])([B])C)cc-2n(CC)c1. The highest BCUT2D eigenvalue weighted by atomic mass is 15.0. The predicted octanol–water partition coefficient (Wildman–Crippen LogP) is 0.311. The van der Waals surface area contributed by atoms with Crippen molar-refractivity contribution in [3.05, 3.63) is 24.0 Å². The Morgan fingerprint density at radius 1 is 1.38 bits per heavy atom. The third-order valence-corrected chi connectivity index (χ3v) is 2.59. The molecule has 0 spiro atoms. The second kappa shape index (κ2) is 3.72. The number of hydrogen-bond acceptors (Lipinski definition) is 1. The maximum absolute atomic E-state index is 5.82. The number of aromatic nitrogens is 2. The van der Waals surface area contributed by atoms with E-state index in [4.69, 9.17) is 23.5 Å². The van der Waals surface area contributed by atoms with E-state index >= 15 is 0 Å². The molecule has 0 aromatic carbocycles. The molecule has 0 N–H and O–H groups in total. The highest BCUT2D eigenvalue weighted by Gasteiger charge is 2.20. The van der Waals surface area contributed by atoms with Crippen LogP contribution in [0.15, 0.2) is 18.3 Å². The zero-order valence-electron chi connectivity index (χ0n) is 9.57. The molecule has 0 unspecified atom stereocenters. The molecule has 0 saturated carbocycles. The first-order valence-corrected chi connectivity index (χ1v) is 5.26. The van der Waals surface area contributed by atoms with Crippen LogP contribution in [0.4, 0.5) is 0 Å². The summed E-state index contributed by atoms with van der Waals surface area (Å²) in [6.07, 6.45) is 1.89. The van der Waals surface area contributed by atoms with Crippen molar-refractivity contribution in [2.75, 3.05) is 0 Å². The molecule has 2 rings (SSSR count). The van der Waals surface area contributed by atoms with Gasteiger partial charge in [0.1, 0.15) is 7.85 Å². The fourth-order valence-corrected chi connectivity index (χ4v) is 1.74. The highest BCUT2D eigenvalue weighted by molar-refractivity contribution is 6.39. The monoisotopic (exact) mass is 204 g/mol. The minimum atomic E-state index is -0.917. The third-order valence-electron chi connectivity index (χ3n) is 2.59. The molecule has 0 saturated heterocycles. The Bertz CT molecular complexity index is 485. The van der Waals surface area contributed by atoms with Gasteiger partial charge in [0.05, 0.1) is 27.1 Å². The minimum absolute atomic E-state index is 0.676. The molecule has 0 amide bonds. The second-order valence-electron chi connectivity index (χ2n) is 4.25. The largest absolute Gasteiger partial charge is 0.347 e. The van der Waals surface area contributed by atoms with Gasteiger partial charge in [-0.2, -0.15) is 0 Å². The molecule has 0 bridgehead atoms. The molecule has 5 heteroatoms. The van der Waals surface area contributed by atoms with Crippen molar-refractivity contribution >= 4 is 29.0 Å². The Morgan fingerprint density at radius 3 is 2.62 bits per heavy atom. The standard InChI is InChI=1S/C11H11B3N2/c1-3-16-6-7(12)4-8-9(16)5-10(15-8)11(2,13)14/h4-6H,3H2,1-2H3. The molecule has 0 aromatic rings. The number of nitrogens with zero attached hydrogens (tertiary/aromatic N) is 2. The van der Waals surface area contributed by atoms with E-state index in [1.165, 1.54) is 0 Å². The summed E-state index contributed by atoms with van der Waals surface area (Å²) in [7, 11) is 17.4. The lowest BCUT2D eigenvalue weighted by atomic mass is 9.54. The average molecular weight is 204 g/mol. The van der Waals surface area contributed by atoms with Crippen LogP contribution in [0.3, 0.4) is 0 Å². The van der Waals surface area contributed by atoms with Gasteiger partial charge in [0, 0.05) is 12.2 Å². The quantitative estimate of drug-likeness (QED) is 0.643. The summed E-state index contributed by atoms with van der Waals surface area (Å²) >= 11 is 0. The van der Waals surface area contributed by atoms with Crippen LogP contribution in [0.5, 0.6) is 0 Å². The fraction of sp³-hybridized carbons (Fsp3) is 0.364. The molecule has 0 aromatic heterocycles. The summed E-state index contributed by atoms with van der Waals surface area (Å²) in [5.41, 5.74) is 3.21. The van der Waals surface area contributed by atoms with E-state index in [2.05, 4.69) is 11.9 Å². The summed E-state index contributed by atoms with van der Waals surface area (Å²) in [5, 5.41) is -0.917. The van der Waals surface area contributed by atoms with Crippen molar-refractivity contribution in [3.63, 3.8) is 0 Å². The van der Waals surface area contributed by atoms with Gasteiger partial charge >= 0.3 is 0 Å². The number of aryl methyl sites for hydroxylation is 1. The Balaban J connectivity index is 2.65. The molecule has 16 heavy (non-hydrogen) atoms. The van der Waals surface area contributed by atoms with Crippen LogP contribution < -0.4 is 5.46 Å². The number of rotatable bonds is 2. The lowest BCUT2D eigenvalue weighted by Gasteiger charge is -2.15. The van der Waals surface area contributed by atoms with Crippen LogP contribution in [0.25, 0.3) is 11.4 Å². The second-order valence-corrected chi connectivity index (χ2v) is 4.25. The van der Waals surface area contributed by atoms with Crippen molar-refractivity contribution in [3.8, 4) is 11.4 Å². The molecule has 2 aliphatic heterocycles. The van der Waals surface area contributed by atoms with Crippen LogP contribution in [-0.4, -0.2) is 33.1 Å². The fourth-order valence-electron chi connectivity index (χ4n) is 1.74. The number of pyridine rings is 1. The topological polar surface area (TPSA) is 17.8 Å². The highest BCUT2D eigenvalue weighted by Crippen LogP contribution is 2.26. The Kier molecular flexibility index (Phi) is 2.65. The zero-order chi connectivity index (χ0) is 11.9. The Morgan fingerprint density at radius 2 is 2.06 bits per heavy atom. The van der Waals surface area contributed by atoms with Crippen molar-refractivity contribution in [2.24, 2.45) is 0 Å². The van der Waals surface area contributed by atoms with E-state index < -0.39 is 5.21 Å². The molecule has 2 aliphatic rings. The first-order valence-electron chi connectivity index (χ1n) is 5.26. The maximum Gasteiger partial charge on any atom is 0.115 e. The summed E-state index contributed by atoms with van der Waals surface area (Å²) in [6, 6.07) is 3.75. The van der Waals surface area contributed by atoms with Gasteiger partial charge < -0.3 is 4.57 Å². The van der Waals surface area contributed by atoms with E-state index in [1.807, 2.05) is 22.9 Å². The smallest absolute Gasteiger partial charge is 0.115 e. The van der Waals surface area contributed by atoms with Crippen LogP contribution in [-0.2, 0) is 11.8 Å². The van der Waals surface area contributed by atoms with Gasteiger partial charge in [0.25, 0.3) is 0 Å². The molecule has 2 heterocycles. The summed E-state index contributed by atoms with van der Waals surface area (Å²) in [4.78, 5) is 4.40. The number of hydrogen-bond donors (Lipinski definition) is 0. The lowest BCUT2D eigenvalue weighted by molar-refractivity contribution is 0.767. The van der Waals surface area contributed by atoms with Gasteiger partial charge in [-0.3, -0.25) is 4.98 Å². The summed E-state index contributed by atoms with van der Waals surface area (Å²) < 4.78 is 2.03. The summed E-state index contributed by atoms with van der Waals surface area (Å²) in [5.74, 6) is 0.